The van der Waals surface area contributed by atoms with Crippen molar-refractivity contribution in [3.8, 4) is 0 Å². The molecule has 0 rings (SSSR count). The number of hydrogen-bond acceptors (Lipinski definition) is 7. The Bertz CT molecular complexity index is 686. The van der Waals surface area contributed by atoms with E-state index in [1.54, 1.807) is 0 Å². The van der Waals surface area contributed by atoms with Gasteiger partial charge in [-0.15, -0.1) is 0 Å². The van der Waals surface area contributed by atoms with E-state index in [1.165, 1.54) is 103 Å². The number of phosphoric ester groups is 1. The minimum absolute atomic E-state index is 0.0298. The smallest absolute Gasteiger partial charge is 0.306 e. The minimum Gasteiger partial charge on any atom is -0.756 e. The highest BCUT2D eigenvalue weighted by Crippen LogP contribution is 2.38. The number of phosphoric acid groups is 1. The number of quaternary nitrogens is 1. The maximum absolute atomic E-state index is 12.3. The molecule has 0 bridgehead atoms. The Hall–Kier alpha value is -0.500. The summed E-state index contributed by atoms with van der Waals surface area (Å²) in [6.45, 7) is 5.31. The van der Waals surface area contributed by atoms with Crippen LogP contribution in [0.25, 0.3) is 0 Å². The molecule has 2 unspecified atom stereocenters. The van der Waals surface area contributed by atoms with Gasteiger partial charge in [-0.3, -0.25) is 9.36 Å². The van der Waals surface area contributed by atoms with E-state index in [-0.39, 0.29) is 25.8 Å². The molecule has 8 nitrogen and oxygen atoms in total. The number of rotatable bonds is 34. The van der Waals surface area contributed by atoms with Gasteiger partial charge in [0.15, 0.2) is 0 Å². The van der Waals surface area contributed by atoms with Gasteiger partial charge in [0.25, 0.3) is 7.82 Å². The number of carbonyl (C=O) groups excluding carboxylic acids is 1. The average molecular weight is 650 g/mol. The molecule has 0 aromatic rings. The third-order valence-corrected chi connectivity index (χ3v) is 8.87. The predicted molar refractivity (Wildman–Crippen MR) is 181 cm³/mol. The van der Waals surface area contributed by atoms with Crippen LogP contribution < -0.4 is 4.89 Å². The molecule has 264 valence electrons. The first-order valence-electron chi connectivity index (χ1n) is 18.3. The molecule has 0 radical (unpaired) electrons. The summed E-state index contributed by atoms with van der Waals surface area (Å²) in [5.41, 5.74) is 0. The van der Waals surface area contributed by atoms with E-state index in [0.717, 1.165) is 38.5 Å². The molecule has 0 N–H and O–H groups in total. The molecule has 2 atom stereocenters. The second-order valence-corrected chi connectivity index (χ2v) is 15.0. The predicted octanol–water partition coefficient (Wildman–Crippen LogP) is 9.13. The number of carbonyl (C=O) groups is 1. The quantitative estimate of drug-likeness (QED) is 0.0297. The SMILES string of the molecule is CCCCCCCCCCCCCCCCCCCCOCC(COP(=O)([O-])OCC[N+](C)(C)C)OC(=O)CCCCCC. The Morgan fingerprint density at radius 1 is 0.614 bits per heavy atom. The lowest BCUT2D eigenvalue weighted by Gasteiger charge is -2.28. The summed E-state index contributed by atoms with van der Waals surface area (Å²) in [5.74, 6) is -0.349. The zero-order valence-electron chi connectivity index (χ0n) is 29.6. The Labute approximate surface area is 272 Å². The zero-order chi connectivity index (χ0) is 32.8. The molecule has 0 amide bonds. The van der Waals surface area contributed by atoms with Crippen LogP contribution in [-0.4, -0.2) is 70.7 Å². The van der Waals surface area contributed by atoms with Crippen LogP contribution >= 0.6 is 7.82 Å². The van der Waals surface area contributed by atoms with Gasteiger partial charge in [-0.05, 0) is 12.8 Å². The van der Waals surface area contributed by atoms with Gasteiger partial charge in [-0.2, -0.15) is 0 Å². The first-order valence-corrected chi connectivity index (χ1v) is 19.7. The molecule has 0 saturated carbocycles. The molecule has 0 aliphatic rings. The molecule has 0 aliphatic heterocycles. The molecule has 0 heterocycles. The van der Waals surface area contributed by atoms with E-state index in [0.29, 0.717) is 24.1 Å². The number of unbranched alkanes of at least 4 members (excludes halogenated alkanes) is 20. The third-order valence-electron chi connectivity index (χ3n) is 7.91. The summed E-state index contributed by atoms with van der Waals surface area (Å²) in [6.07, 6.45) is 27.4. The number of likely N-dealkylation sites (N-methyl/N-ethyl adjacent to an activating group) is 1. The highest BCUT2D eigenvalue weighted by atomic mass is 31.2. The summed E-state index contributed by atoms with van der Waals surface area (Å²) in [7, 11) is 1.36. The van der Waals surface area contributed by atoms with Crippen LogP contribution in [0.1, 0.15) is 162 Å². The van der Waals surface area contributed by atoms with Gasteiger partial charge in [0, 0.05) is 13.0 Å². The van der Waals surface area contributed by atoms with E-state index in [9.17, 15) is 14.3 Å². The molecule has 0 aromatic carbocycles. The van der Waals surface area contributed by atoms with Gasteiger partial charge in [-0.1, -0.05) is 142 Å². The first kappa shape index (κ1) is 43.5. The van der Waals surface area contributed by atoms with Crippen LogP contribution in [0.5, 0.6) is 0 Å². The highest BCUT2D eigenvalue weighted by molar-refractivity contribution is 7.45. The fourth-order valence-corrected chi connectivity index (χ4v) is 5.74. The fraction of sp³-hybridized carbons (Fsp3) is 0.971. The van der Waals surface area contributed by atoms with Gasteiger partial charge in [0.1, 0.15) is 19.3 Å². The summed E-state index contributed by atoms with van der Waals surface area (Å²) in [5, 5.41) is 0. The maximum Gasteiger partial charge on any atom is 0.306 e. The molecular formula is C35H72NO7P. The Kier molecular flexibility index (Phi) is 29.5. The Morgan fingerprint density at radius 2 is 1.05 bits per heavy atom. The van der Waals surface area contributed by atoms with Gasteiger partial charge in [-0.25, -0.2) is 0 Å². The van der Waals surface area contributed by atoms with Crippen LogP contribution in [0.15, 0.2) is 0 Å². The normalized spacial score (nSPS) is 14.0. The van der Waals surface area contributed by atoms with Crippen molar-refractivity contribution in [3.05, 3.63) is 0 Å². The molecule has 9 heteroatoms. The van der Waals surface area contributed by atoms with Crippen LogP contribution in [0, 0.1) is 0 Å². The Balaban J connectivity index is 3.99. The lowest BCUT2D eigenvalue weighted by molar-refractivity contribution is -0.870. The van der Waals surface area contributed by atoms with Crippen molar-refractivity contribution in [3.63, 3.8) is 0 Å². The monoisotopic (exact) mass is 650 g/mol. The van der Waals surface area contributed by atoms with Crippen molar-refractivity contribution >= 4 is 13.8 Å². The van der Waals surface area contributed by atoms with Crippen LogP contribution in [0.3, 0.4) is 0 Å². The molecule has 44 heavy (non-hydrogen) atoms. The lowest BCUT2D eigenvalue weighted by atomic mass is 10.0. The summed E-state index contributed by atoms with van der Waals surface area (Å²) in [6, 6.07) is 0. The first-order chi connectivity index (χ1) is 21.1. The standard InChI is InChI=1S/C35H72NO7P/c1-6-8-10-12-13-14-15-16-17-18-19-20-21-22-23-24-25-27-30-40-32-34(43-35(37)28-26-11-9-7-2)33-42-44(38,39)41-31-29-36(3,4)5/h34H,6-33H2,1-5H3. The van der Waals surface area contributed by atoms with E-state index >= 15 is 0 Å². The van der Waals surface area contributed by atoms with Crippen molar-refractivity contribution in [1.29, 1.82) is 0 Å². The largest absolute Gasteiger partial charge is 0.756 e. The maximum atomic E-state index is 12.3. The molecule has 0 aliphatic carbocycles. The molecule has 0 saturated heterocycles. The third kappa shape index (κ3) is 32.9. The van der Waals surface area contributed by atoms with E-state index in [2.05, 4.69) is 13.8 Å². The van der Waals surface area contributed by atoms with Crippen molar-refractivity contribution in [2.24, 2.45) is 0 Å². The van der Waals surface area contributed by atoms with Crippen molar-refractivity contribution in [2.75, 3.05) is 54.1 Å². The summed E-state index contributed by atoms with van der Waals surface area (Å²) < 4.78 is 34.1. The van der Waals surface area contributed by atoms with Crippen molar-refractivity contribution in [2.45, 2.75) is 168 Å². The van der Waals surface area contributed by atoms with E-state index in [4.69, 9.17) is 18.5 Å². The van der Waals surface area contributed by atoms with Crippen molar-refractivity contribution < 1.29 is 37.3 Å². The van der Waals surface area contributed by atoms with Crippen LogP contribution in [-0.2, 0) is 27.9 Å². The second kappa shape index (κ2) is 29.9. The number of nitrogens with zero attached hydrogens (tertiary/aromatic N) is 1. The van der Waals surface area contributed by atoms with Crippen LogP contribution in [0.4, 0.5) is 0 Å². The van der Waals surface area contributed by atoms with E-state index in [1.807, 2.05) is 21.1 Å². The fourth-order valence-electron chi connectivity index (χ4n) is 5.02. The molecular weight excluding hydrogens is 577 g/mol. The van der Waals surface area contributed by atoms with Gasteiger partial charge in [0.2, 0.25) is 0 Å². The summed E-state index contributed by atoms with van der Waals surface area (Å²) >= 11 is 0. The lowest BCUT2D eigenvalue weighted by Crippen LogP contribution is -2.37. The topological polar surface area (TPSA) is 94.1 Å². The summed E-state index contributed by atoms with van der Waals surface area (Å²) in [4.78, 5) is 24.5. The van der Waals surface area contributed by atoms with E-state index < -0.39 is 13.9 Å². The van der Waals surface area contributed by atoms with Gasteiger partial charge >= 0.3 is 5.97 Å². The highest BCUT2D eigenvalue weighted by Gasteiger charge is 2.20. The van der Waals surface area contributed by atoms with Crippen LogP contribution in [0.2, 0.25) is 0 Å². The second-order valence-electron chi connectivity index (χ2n) is 13.6. The number of esters is 1. The van der Waals surface area contributed by atoms with Gasteiger partial charge in [0.05, 0.1) is 34.4 Å². The average Bonchev–Trinajstić information content (AvgIpc) is 2.96. The number of hydrogen-bond donors (Lipinski definition) is 0. The molecule has 0 spiro atoms. The molecule has 0 aromatic heterocycles. The number of ether oxygens (including phenoxy) is 2. The minimum atomic E-state index is -4.49. The zero-order valence-corrected chi connectivity index (χ0v) is 30.5. The van der Waals surface area contributed by atoms with Crippen molar-refractivity contribution in [1.82, 2.24) is 0 Å². The molecule has 0 fully saturated rings. The Morgan fingerprint density at radius 3 is 1.50 bits per heavy atom. The van der Waals surface area contributed by atoms with Gasteiger partial charge < -0.3 is 27.9 Å².